The van der Waals surface area contributed by atoms with Crippen LogP contribution in [-0.4, -0.2) is 17.6 Å². The Morgan fingerprint density at radius 2 is 2.38 bits per heavy atom. The SMILES string of the molecule is Cc1cnc(N(CCC#N)C2CC2)c(Br)c1. The van der Waals surface area contributed by atoms with Gasteiger partial charge in [0.05, 0.1) is 17.0 Å². The third-order valence-corrected chi connectivity index (χ3v) is 3.27. The summed E-state index contributed by atoms with van der Waals surface area (Å²) in [4.78, 5) is 6.70. The second-order valence-electron chi connectivity index (χ2n) is 4.15. The molecule has 1 aliphatic rings. The van der Waals surface area contributed by atoms with Gasteiger partial charge in [-0.3, -0.25) is 0 Å². The van der Waals surface area contributed by atoms with E-state index < -0.39 is 0 Å². The van der Waals surface area contributed by atoms with Crippen molar-refractivity contribution in [3.8, 4) is 6.07 Å². The number of halogens is 1. The minimum absolute atomic E-state index is 0.554. The van der Waals surface area contributed by atoms with E-state index in [9.17, 15) is 0 Å². The lowest BCUT2D eigenvalue weighted by atomic mass is 10.3. The second kappa shape index (κ2) is 4.84. The van der Waals surface area contributed by atoms with Gasteiger partial charge in [-0.15, -0.1) is 0 Å². The molecule has 0 amide bonds. The minimum Gasteiger partial charge on any atom is -0.352 e. The lowest BCUT2D eigenvalue weighted by Crippen LogP contribution is -2.27. The zero-order valence-corrected chi connectivity index (χ0v) is 10.9. The molecule has 3 nitrogen and oxygen atoms in total. The van der Waals surface area contributed by atoms with Crippen LogP contribution >= 0.6 is 15.9 Å². The normalized spacial score (nSPS) is 14.6. The van der Waals surface area contributed by atoms with Gasteiger partial charge in [0.25, 0.3) is 0 Å². The average Bonchev–Trinajstić information content (AvgIpc) is 3.05. The van der Waals surface area contributed by atoms with E-state index in [2.05, 4.69) is 37.9 Å². The lowest BCUT2D eigenvalue weighted by Gasteiger charge is -2.23. The van der Waals surface area contributed by atoms with E-state index in [1.54, 1.807) is 0 Å². The fraction of sp³-hybridized carbons (Fsp3) is 0.500. The molecule has 2 rings (SSSR count). The molecular formula is C12H14BrN3. The van der Waals surface area contributed by atoms with E-state index >= 15 is 0 Å². The Hall–Kier alpha value is -1.08. The fourth-order valence-corrected chi connectivity index (χ4v) is 2.45. The zero-order valence-electron chi connectivity index (χ0n) is 9.28. The maximum Gasteiger partial charge on any atom is 0.143 e. The van der Waals surface area contributed by atoms with E-state index in [0.717, 1.165) is 22.4 Å². The molecule has 1 aromatic rings. The summed E-state index contributed by atoms with van der Waals surface area (Å²) < 4.78 is 1.03. The number of nitriles is 1. The summed E-state index contributed by atoms with van der Waals surface area (Å²) in [7, 11) is 0. The average molecular weight is 280 g/mol. The highest BCUT2D eigenvalue weighted by Crippen LogP contribution is 2.34. The third kappa shape index (κ3) is 2.53. The first kappa shape index (κ1) is 11.4. The quantitative estimate of drug-likeness (QED) is 0.851. The van der Waals surface area contributed by atoms with Crippen molar-refractivity contribution < 1.29 is 0 Å². The van der Waals surface area contributed by atoms with Crippen LogP contribution in [0.25, 0.3) is 0 Å². The van der Waals surface area contributed by atoms with Crippen molar-refractivity contribution in [2.24, 2.45) is 0 Å². The van der Waals surface area contributed by atoms with Crippen molar-refractivity contribution in [3.05, 3.63) is 22.3 Å². The van der Waals surface area contributed by atoms with E-state index in [4.69, 9.17) is 5.26 Å². The summed E-state index contributed by atoms with van der Waals surface area (Å²) in [6.07, 6.45) is 4.86. The van der Waals surface area contributed by atoms with Crippen LogP contribution in [0.3, 0.4) is 0 Å². The Bertz CT molecular complexity index is 421. The van der Waals surface area contributed by atoms with Crippen molar-refractivity contribution in [1.29, 1.82) is 5.26 Å². The Kier molecular flexibility index (Phi) is 3.45. The molecule has 1 aromatic heterocycles. The smallest absolute Gasteiger partial charge is 0.143 e. The highest BCUT2D eigenvalue weighted by atomic mass is 79.9. The van der Waals surface area contributed by atoms with E-state index in [1.165, 1.54) is 12.8 Å². The standard InChI is InChI=1S/C12H14BrN3/c1-9-7-11(13)12(15-8-9)16(6-2-5-14)10-3-4-10/h7-8,10H,2-4,6H2,1H3. The van der Waals surface area contributed by atoms with Gasteiger partial charge in [0.1, 0.15) is 5.82 Å². The molecule has 1 saturated carbocycles. The molecule has 0 spiro atoms. The second-order valence-corrected chi connectivity index (χ2v) is 5.01. The molecule has 16 heavy (non-hydrogen) atoms. The number of hydrogen-bond acceptors (Lipinski definition) is 3. The molecule has 0 atom stereocenters. The predicted molar refractivity (Wildman–Crippen MR) is 67.3 cm³/mol. The highest BCUT2D eigenvalue weighted by molar-refractivity contribution is 9.10. The van der Waals surface area contributed by atoms with Crippen LogP contribution in [-0.2, 0) is 0 Å². The molecule has 0 unspecified atom stereocenters. The van der Waals surface area contributed by atoms with Crippen molar-refractivity contribution in [2.75, 3.05) is 11.4 Å². The maximum atomic E-state index is 8.67. The Morgan fingerprint density at radius 1 is 1.62 bits per heavy atom. The largest absolute Gasteiger partial charge is 0.352 e. The van der Waals surface area contributed by atoms with Crippen LogP contribution in [0.1, 0.15) is 24.8 Å². The van der Waals surface area contributed by atoms with E-state index in [-0.39, 0.29) is 0 Å². The molecular weight excluding hydrogens is 266 g/mol. The first-order chi connectivity index (χ1) is 7.72. The number of pyridine rings is 1. The summed E-state index contributed by atoms with van der Waals surface area (Å²) in [6, 6.07) is 4.85. The van der Waals surface area contributed by atoms with Gasteiger partial charge in [-0.25, -0.2) is 4.98 Å². The van der Waals surface area contributed by atoms with Gasteiger partial charge in [-0.2, -0.15) is 5.26 Å². The molecule has 1 fully saturated rings. The van der Waals surface area contributed by atoms with Crippen molar-refractivity contribution in [2.45, 2.75) is 32.2 Å². The van der Waals surface area contributed by atoms with Gasteiger partial charge in [0, 0.05) is 18.8 Å². The first-order valence-corrected chi connectivity index (χ1v) is 6.27. The molecule has 4 heteroatoms. The number of aromatic nitrogens is 1. The monoisotopic (exact) mass is 279 g/mol. The predicted octanol–water partition coefficient (Wildman–Crippen LogP) is 3.04. The molecule has 0 aromatic carbocycles. The van der Waals surface area contributed by atoms with Gasteiger partial charge in [0.2, 0.25) is 0 Å². The van der Waals surface area contributed by atoms with Gasteiger partial charge in [0.15, 0.2) is 0 Å². The van der Waals surface area contributed by atoms with Crippen LogP contribution < -0.4 is 4.90 Å². The fourth-order valence-electron chi connectivity index (χ4n) is 1.76. The van der Waals surface area contributed by atoms with E-state index in [1.807, 2.05) is 13.1 Å². The van der Waals surface area contributed by atoms with Gasteiger partial charge >= 0.3 is 0 Å². The molecule has 0 bridgehead atoms. The summed E-state index contributed by atoms with van der Waals surface area (Å²) in [5, 5.41) is 8.67. The number of rotatable bonds is 4. The maximum absolute atomic E-state index is 8.67. The van der Waals surface area contributed by atoms with Crippen molar-refractivity contribution in [1.82, 2.24) is 4.98 Å². The molecule has 0 aliphatic heterocycles. The number of hydrogen-bond donors (Lipinski definition) is 0. The zero-order chi connectivity index (χ0) is 11.5. The number of anilines is 1. The number of aryl methyl sites for hydroxylation is 1. The van der Waals surface area contributed by atoms with Crippen LogP contribution in [0.2, 0.25) is 0 Å². The van der Waals surface area contributed by atoms with Gasteiger partial charge in [-0.1, -0.05) is 0 Å². The van der Waals surface area contributed by atoms with Crippen LogP contribution in [0.5, 0.6) is 0 Å². The molecule has 84 valence electrons. The molecule has 1 aliphatic carbocycles. The summed E-state index contributed by atoms with van der Waals surface area (Å²) in [5.41, 5.74) is 1.15. The molecule has 0 N–H and O–H groups in total. The van der Waals surface area contributed by atoms with Gasteiger partial charge in [-0.05, 0) is 47.3 Å². The summed E-state index contributed by atoms with van der Waals surface area (Å²) in [6.45, 7) is 2.80. The lowest BCUT2D eigenvalue weighted by molar-refractivity contribution is 0.775. The third-order valence-electron chi connectivity index (χ3n) is 2.68. The van der Waals surface area contributed by atoms with Crippen LogP contribution in [0.4, 0.5) is 5.82 Å². The molecule has 0 radical (unpaired) electrons. The summed E-state index contributed by atoms with van der Waals surface area (Å²) in [5.74, 6) is 0.975. The molecule has 1 heterocycles. The van der Waals surface area contributed by atoms with Crippen LogP contribution in [0.15, 0.2) is 16.7 Å². The molecule has 0 saturated heterocycles. The van der Waals surface area contributed by atoms with Crippen molar-refractivity contribution in [3.63, 3.8) is 0 Å². The van der Waals surface area contributed by atoms with E-state index in [0.29, 0.717) is 12.5 Å². The number of nitrogens with zero attached hydrogens (tertiary/aromatic N) is 3. The van der Waals surface area contributed by atoms with Gasteiger partial charge < -0.3 is 4.90 Å². The van der Waals surface area contributed by atoms with Crippen LogP contribution in [0, 0.1) is 18.3 Å². The Morgan fingerprint density at radius 3 is 2.94 bits per heavy atom. The minimum atomic E-state index is 0.554. The topological polar surface area (TPSA) is 39.9 Å². The highest BCUT2D eigenvalue weighted by Gasteiger charge is 2.30. The Labute approximate surface area is 104 Å². The Balaban J connectivity index is 2.21. The summed E-state index contributed by atoms with van der Waals surface area (Å²) >= 11 is 3.55. The van der Waals surface area contributed by atoms with Crippen molar-refractivity contribution >= 4 is 21.7 Å². The first-order valence-electron chi connectivity index (χ1n) is 5.48.